The lowest BCUT2D eigenvalue weighted by Crippen LogP contribution is -1.84. The summed E-state index contributed by atoms with van der Waals surface area (Å²) in [7, 11) is 0. The average molecular weight is 214 g/mol. The molecule has 0 radical (unpaired) electrons. The van der Waals surface area contributed by atoms with Gasteiger partial charge in [0.1, 0.15) is 0 Å². The van der Waals surface area contributed by atoms with E-state index >= 15 is 0 Å². The molecule has 0 N–H and O–H groups in total. The number of rotatable bonds is 1. The van der Waals surface area contributed by atoms with Gasteiger partial charge in [-0.2, -0.15) is 0 Å². The van der Waals surface area contributed by atoms with E-state index in [1.165, 1.54) is 0 Å². The van der Waals surface area contributed by atoms with Gasteiger partial charge in [-0.15, -0.1) is 0 Å². The summed E-state index contributed by atoms with van der Waals surface area (Å²) in [6.07, 6.45) is 0. The van der Waals surface area contributed by atoms with Gasteiger partial charge >= 0.3 is 0 Å². The Morgan fingerprint density at radius 1 is 1.73 bits per heavy atom. The quantitative estimate of drug-likeness (QED) is 0.655. The molecular weight excluding hydrogens is 206 g/mol. The Hall–Kier alpha value is -0.750. The predicted molar refractivity (Wildman–Crippen MR) is 46.2 cm³/mol. The van der Waals surface area contributed by atoms with Crippen molar-refractivity contribution >= 4 is 15.9 Å². The summed E-state index contributed by atoms with van der Waals surface area (Å²) in [5.41, 5.74) is 1.03. The zero-order valence-electron chi connectivity index (χ0n) is 6.39. The van der Waals surface area contributed by atoms with E-state index in [1.54, 1.807) is 0 Å². The predicted octanol–water partition coefficient (Wildman–Crippen LogP) is 3.33. The Morgan fingerprint density at radius 3 is 2.73 bits per heavy atom. The van der Waals surface area contributed by atoms with E-state index in [4.69, 9.17) is 11.0 Å². The van der Waals surface area contributed by atoms with E-state index in [9.17, 15) is 0 Å². The molecule has 0 saturated heterocycles. The van der Waals surface area contributed by atoms with Crippen LogP contribution in [0.2, 0.25) is 0 Å². The molecule has 3 heteroatoms. The molecule has 0 bridgehead atoms. The van der Waals surface area contributed by atoms with Gasteiger partial charge in [0.15, 0.2) is 10.4 Å². The third-order valence-electron chi connectivity index (χ3n) is 1.50. The van der Waals surface area contributed by atoms with E-state index in [-0.39, 0.29) is 6.04 Å². The minimum atomic E-state index is -0.179. The first-order valence-corrected chi connectivity index (χ1v) is 4.07. The number of hydrogen-bond acceptors (Lipinski definition) is 1. The first kappa shape index (κ1) is 8.35. The number of aryl methyl sites for hydroxylation is 1. The van der Waals surface area contributed by atoms with Gasteiger partial charge < -0.3 is 9.26 Å². The van der Waals surface area contributed by atoms with Crippen LogP contribution in [0.1, 0.15) is 24.3 Å². The van der Waals surface area contributed by atoms with E-state index in [2.05, 4.69) is 20.8 Å². The highest BCUT2D eigenvalue weighted by atomic mass is 79.9. The second-order valence-corrected chi connectivity index (χ2v) is 3.18. The molecule has 0 aliphatic carbocycles. The Balaban J connectivity index is 3.05. The molecule has 1 unspecified atom stereocenters. The van der Waals surface area contributed by atoms with Crippen molar-refractivity contribution in [3.05, 3.63) is 33.5 Å². The average Bonchev–Trinajstić information content (AvgIpc) is 2.28. The standard InChI is InChI=1S/C8H8BrNO/c1-5-4-7(9)11-8(5)6(2)10-3/h4,6H,1-2H3. The molecule has 1 rings (SSSR count). The summed E-state index contributed by atoms with van der Waals surface area (Å²) in [5, 5.41) is 0. The molecule has 1 aromatic heterocycles. The fraction of sp³-hybridized carbons (Fsp3) is 0.375. The fourth-order valence-electron chi connectivity index (χ4n) is 0.930. The molecular formula is C8H8BrNO. The van der Waals surface area contributed by atoms with E-state index < -0.39 is 0 Å². The molecule has 58 valence electrons. The lowest BCUT2D eigenvalue weighted by molar-refractivity contribution is 0.475. The lowest BCUT2D eigenvalue weighted by Gasteiger charge is -1.93. The van der Waals surface area contributed by atoms with Crippen molar-refractivity contribution in [3.8, 4) is 0 Å². The molecule has 0 aliphatic rings. The summed E-state index contributed by atoms with van der Waals surface area (Å²) in [5.74, 6) is 0.756. The van der Waals surface area contributed by atoms with Crippen LogP contribution in [0.15, 0.2) is 15.2 Å². The van der Waals surface area contributed by atoms with Crippen molar-refractivity contribution in [2.45, 2.75) is 19.9 Å². The molecule has 11 heavy (non-hydrogen) atoms. The van der Waals surface area contributed by atoms with Gasteiger partial charge in [-0.25, -0.2) is 6.57 Å². The van der Waals surface area contributed by atoms with Crippen molar-refractivity contribution in [3.63, 3.8) is 0 Å². The van der Waals surface area contributed by atoms with Gasteiger partial charge in [0.2, 0.25) is 0 Å². The maximum atomic E-state index is 6.80. The highest BCUT2D eigenvalue weighted by Gasteiger charge is 2.16. The van der Waals surface area contributed by atoms with E-state index in [0.717, 1.165) is 11.3 Å². The van der Waals surface area contributed by atoms with Crippen LogP contribution in [-0.2, 0) is 0 Å². The molecule has 0 spiro atoms. The topological polar surface area (TPSA) is 17.5 Å². The van der Waals surface area contributed by atoms with E-state index in [1.807, 2.05) is 19.9 Å². The van der Waals surface area contributed by atoms with E-state index in [0.29, 0.717) is 4.67 Å². The highest BCUT2D eigenvalue weighted by molar-refractivity contribution is 9.10. The van der Waals surface area contributed by atoms with Crippen LogP contribution >= 0.6 is 15.9 Å². The molecule has 1 aromatic rings. The number of halogens is 1. The monoisotopic (exact) mass is 213 g/mol. The summed E-state index contributed by atoms with van der Waals surface area (Å²) >= 11 is 3.21. The van der Waals surface area contributed by atoms with Crippen molar-refractivity contribution in [2.24, 2.45) is 0 Å². The molecule has 2 nitrogen and oxygen atoms in total. The summed E-state index contributed by atoms with van der Waals surface area (Å²) in [6.45, 7) is 10.6. The second-order valence-electron chi connectivity index (χ2n) is 2.40. The first-order chi connectivity index (χ1) is 5.15. The normalized spacial score (nSPS) is 12.5. The molecule has 0 aromatic carbocycles. The SMILES string of the molecule is [C-]#[N+]C(C)c1oc(Br)cc1C. The van der Waals surface area contributed by atoms with Crippen molar-refractivity contribution in [2.75, 3.05) is 0 Å². The summed E-state index contributed by atoms with van der Waals surface area (Å²) in [4.78, 5) is 3.37. The minimum absolute atomic E-state index is 0.179. The van der Waals surface area contributed by atoms with Crippen LogP contribution in [0.3, 0.4) is 0 Å². The maximum absolute atomic E-state index is 6.80. The van der Waals surface area contributed by atoms with Crippen LogP contribution in [0.25, 0.3) is 4.85 Å². The van der Waals surface area contributed by atoms with Crippen molar-refractivity contribution < 1.29 is 4.42 Å². The number of furan rings is 1. The van der Waals surface area contributed by atoms with Crippen LogP contribution in [0.4, 0.5) is 0 Å². The number of nitrogens with zero attached hydrogens (tertiary/aromatic N) is 1. The fourth-order valence-corrected chi connectivity index (χ4v) is 1.45. The zero-order chi connectivity index (χ0) is 8.43. The van der Waals surface area contributed by atoms with Gasteiger partial charge in [0.25, 0.3) is 6.04 Å². The van der Waals surface area contributed by atoms with Gasteiger partial charge in [0.05, 0.1) is 0 Å². The number of hydrogen-bond donors (Lipinski definition) is 0. The Labute approximate surface area is 74.2 Å². The van der Waals surface area contributed by atoms with Crippen LogP contribution < -0.4 is 0 Å². The minimum Gasteiger partial charge on any atom is -0.446 e. The van der Waals surface area contributed by atoms with Crippen LogP contribution in [-0.4, -0.2) is 0 Å². The maximum Gasteiger partial charge on any atom is 0.277 e. The largest absolute Gasteiger partial charge is 0.446 e. The van der Waals surface area contributed by atoms with Crippen LogP contribution in [0.5, 0.6) is 0 Å². The van der Waals surface area contributed by atoms with Crippen LogP contribution in [0, 0.1) is 13.5 Å². The third-order valence-corrected chi connectivity index (χ3v) is 1.89. The Morgan fingerprint density at radius 2 is 2.36 bits per heavy atom. The molecule has 1 atom stereocenters. The molecule has 0 amide bonds. The second kappa shape index (κ2) is 3.10. The van der Waals surface area contributed by atoms with Crippen molar-refractivity contribution in [1.29, 1.82) is 0 Å². The van der Waals surface area contributed by atoms with Gasteiger partial charge in [0, 0.05) is 6.92 Å². The zero-order valence-corrected chi connectivity index (χ0v) is 7.97. The van der Waals surface area contributed by atoms with Gasteiger partial charge in [-0.1, -0.05) is 0 Å². The third kappa shape index (κ3) is 1.63. The van der Waals surface area contributed by atoms with Gasteiger partial charge in [-0.05, 0) is 34.5 Å². The molecule has 0 saturated carbocycles. The summed E-state index contributed by atoms with van der Waals surface area (Å²) in [6, 6.07) is 1.69. The first-order valence-electron chi connectivity index (χ1n) is 3.27. The highest BCUT2D eigenvalue weighted by Crippen LogP contribution is 2.26. The smallest absolute Gasteiger partial charge is 0.277 e. The molecule has 0 fully saturated rings. The van der Waals surface area contributed by atoms with Crippen molar-refractivity contribution in [1.82, 2.24) is 0 Å². The lowest BCUT2D eigenvalue weighted by atomic mass is 10.2. The molecule has 1 heterocycles. The summed E-state index contributed by atoms with van der Waals surface area (Å²) < 4.78 is 5.96. The Kier molecular flexibility index (Phi) is 2.35. The Bertz CT molecular complexity index is 298. The molecule has 0 aliphatic heterocycles. The van der Waals surface area contributed by atoms with Gasteiger partial charge in [-0.3, -0.25) is 0 Å².